The minimum atomic E-state index is -0.512. The average Bonchev–Trinajstić information content (AvgIpc) is 3.53. The molecular weight excluding hydrogens is 1110 g/mol. The van der Waals surface area contributed by atoms with Gasteiger partial charge in [0.2, 0.25) is 0 Å². The first kappa shape index (κ1) is 83.5. The lowest BCUT2D eigenvalue weighted by molar-refractivity contribution is -0.153. The Morgan fingerprint density at radius 3 is 1.17 bits per heavy atom. The van der Waals surface area contributed by atoms with Crippen LogP contribution in [0.5, 0.6) is 0 Å². The molecule has 0 aromatic rings. The van der Waals surface area contributed by atoms with Crippen molar-refractivity contribution in [2.24, 2.45) is 17.8 Å². The van der Waals surface area contributed by atoms with Crippen molar-refractivity contribution in [1.29, 1.82) is 0 Å². The van der Waals surface area contributed by atoms with Crippen LogP contribution in [0, 0.1) is 17.8 Å². The molecule has 0 aromatic carbocycles. The van der Waals surface area contributed by atoms with Crippen molar-refractivity contribution in [3.63, 3.8) is 0 Å². The van der Waals surface area contributed by atoms with E-state index in [0.29, 0.717) is 121 Å². The molecule has 0 bridgehead atoms. The molecule has 8 N–H and O–H groups in total. The summed E-state index contributed by atoms with van der Waals surface area (Å²) in [5, 5.41) is 39.5. The molecule has 0 radical (unpaired) electrons. The Hall–Kier alpha value is -3.50. The summed E-state index contributed by atoms with van der Waals surface area (Å²) in [6.07, 6.45) is 21.3. The van der Waals surface area contributed by atoms with Crippen LogP contribution in [0.2, 0.25) is 0 Å². The summed E-state index contributed by atoms with van der Waals surface area (Å²) in [7, 11) is 0. The maximum atomic E-state index is 13.0. The predicted octanol–water partition coefficient (Wildman–Crippen LogP) is 9.32. The lowest BCUT2D eigenvalue weighted by Gasteiger charge is -2.21. The number of hydrogen-bond acceptors (Lipinski definition) is 20. The lowest BCUT2D eigenvalue weighted by atomic mass is 9.95. The van der Waals surface area contributed by atoms with Gasteiger partial charge in [-0.25, -0.2) is 0 Å². The quantitative estimate of drug-likeness (QED) is 0.0160. The number of esters is 6. The monoisotopic (exact) mass is 1240 g/mol. The SMILES string of the molecule is CC(C)NCCCCCCNCCC(CCCO)C(=O)OCCCCC(=O)OCCCC(NCCCCCCNCCC(CCCOC(=O)CCCCOC(=O)C(CCCO)CC(C)NCCCCCCNC(C)C)C(=O)OC(C)C)C(=O)OC(C)C. The first-order valence-electron chi connectivity index (χ1n) is 34.5. The highest BCUT2D eigenvalue weighted by Gasteiger charge is 2.25. The summed E-state index contributed by atoms with van der Waals surface area (Å²) in [6, 6.07) is 0.676. The van der Waals surface area contributed by atoms with Crippen molar-refractivity contribution in [1.82, 2.24) is 31.9 Å². The van der Waals surface area contributed by atoms with E-state index in [1.165, 1.54) is 38.5 Å². The molecule has 0 amide bonds. The third-order valence-corrected chi connectivity index (χ3v) is 14.9. The topological polar surface area (TPSA) is 270 Å². The Morgan fingerprint density at radius 1 is 0.333 bits per heavy atom. The van der Waals surface area contributed by atoms with Gasteiger partial charge in [0, 0.05) is 44.2 Å². The highest BCUT2D eigenvalue weighted by Crippen LogP contribution is 2.19. The Bertz CT molecular complexity index is 1680. The van der Waals surface area contributed by atoms with Gasteiger partial charge < -0.3 is 70.5 Å². The van der Waals surface area contributed by atoms with Crippen LogP contribution in [-0.4, -0.2) is 174 Å². The van der Waals surface area contributed by atoms with E-state index in [-0.39, 0.29) is 124 Å². The Labute approximate surface area is 527 Å². The van der Waals surface area contributed by atoms with E-state index in [9.17, 15) is 39.0 Å². The molecule has 0 fully saturated rings. The average molecular weight is 1240 g/mol. The number of aliphatic hydroxyl groups excluding tert-OH is 2. The van der Waals surface area contributed by atoms with Gasteiger partial charge in [0.15, 0.2) is 0 Å². The zero-order chi connectivity index (χ0) is 64.6. The number of rotatable bonds is 63. The van der Waals surface area contributed by atoms with Crippen molar-refractivity contribution >= 4 is 35.8 Å². The minimum Gasteiger partial charge on any atom is -0.466 e. The summed E-state index contributed by atoms with van der Waals surface area (Å²) in [4.78, 5) is 76.8. The number of ether oxygens (including phenoxy) is 6. The second kappa shape index (κ2) is 58.8. The molecular formula is C67H130N6O14. The van der Waals surface area contributed by atoms with Crippen LogP contribution < -0.4 is 31.9 Å². The van der Waals surface area contributed by atoms with Crippen LogP contribution in [0.25, 0.3) is 0 Å². The van der Waals surface area contributed by atoms with Gasteiger partial charge in [-0.3, -0.25) is 28.8 Å². The first-order valence-corrected chi connectivity index (χ1v) is 34.5. The molecule has 87 heavy (non-hydrogen) atoms. The molecule has 0 heterocycles. The fourth-order valence-electron chi connectivity index (χ4n) is 9.95. The van der Waals surface area contributed by atoms with E-state index < -0.39 is 6.04 Å². The number of nitrogens with one attached hydrogen (secondary N) is 6. The molecule has 512 valence electrons. The van der Waals surface area contributed by atoms with Gasteiger partial charge in [-0.05, 0) is 222 Å². The van der Waals surface area contributed by atoms with Gasteiger partial charge in [0.1, 0.15) is 6.04 Å². The van der Waals surface area contributed by atoms with Crippen LogP contribution in [0.15, 0.2) is 0 Å². The highest BCUT2D eigenvalue weighted by atomic mass is 16.6. The van der Waals surface area contributed by atoms with E-state index in [1.807, 2.05) is 27.7 Å². The van der Waals surface area contributed by atoms with E-state index in [4.69, 9.17) is 28.4 Å². The van der Waals surface area contributed by atoms with Gasteiger partial charge in [-0.1, -0.05) is 66.2 Å². The lowest BCUT2D eigenvalue weighted by Crippen LogP contribution is -2.39. The Balaban J connectivity index is 4.45. The molecule has 5 unspecified atom stereocenters. The molecule has 0 aromatic heterocycles. The fraction of sp³-hybridized carbons (Fsp3) is 0.910. The van der Waals surface area contributed by atoms with Crippen LogP contribution in [-0.2, 0) is 57.2 Å². The molecule has 5 atom stereocenters. The standard InChI is InChI=1S/C67H130N6O14/c1-53(2)70-40-20-12-10-18-38-68-44-36-58(30-26-46-74)64(78)84-48-24-16-35-63(77)83-51-29-33-61(67(81)87-56(7)8)73-43-23-13-11-19-39-69-45-37-59(66(80)86-55(5)6)32-28-50-82-62(76)34-17-25-49-85-65(79)60(31-27-47-75)52-57(9)72-42-22-15-14-21-41-71-54(3)4/h53-61,68-75H,10-52H2,1-9H3. The Morgan fingerprint density at radius 2 is 0.713 bits per heavy atom. The highest BCUT2D eigenvalue weighted by molar-refractivity contribution is 5.76. The number of carbonyl (C=O) groups is 6. The van der Waals surface area contributed by atoms with E-state index in [1.54, 1.807) is 0 Å². The maximum absolute atomic E-state index is 13.0. The third kappa shape index (κ3) is 54.0. The van der Waals surface area contributed by atoms with Gasteiger partial charge in [-0.2, -0.15) is 0 Å². The fourth-order valence-corrected chi connectivity index (χ4v) is 9.95. The summed E-state index contributed by atoms with van der Waals surface area (Å²) in [5.74, 6) is -2.61. The van der Waals surface area contributed by atoms with Crippen LogP contribution in [0.1, 0.15) is 249 Å². The zero-order valence-corrected chi connectivity index (χ0v) is 56.4. The van der Waals surface area contributed by atoms with Gasteiger partial charge in [-0.15, -0.1) is 0 Å². The summed E-state index contributed by atoms with van der Waals surface area (Å²) >= 11 is 0. The smallest absolute Gasteiger partial charge is 0.323 e. The largest absolute Gasteiger partial charge is 0.466 e. The van der Waals surface area contributed by atoms with Crippen LogP contribution >= 0.6 is 0 Å². The molecule has 0 aliphatic heterocycles. The number of hydrogen-bond donors (Lipinski definition) is 8. The summed E-state index contributed by atoms with van der Waals surface area (Å²) in [6.45, 7) is 25.7. The molecule has 0 saturated carbocycles. The predicted molar refractivity (Wildman–Crippen MR) is 346 cm³/mol. The maximum Gasteiger partial charge on any atom is 0.323 e. The normalized spacial score (nSPS) is 13.4. The molecule has 0 rings (SSSR count). The van der Waals surface area contributed by atoms with Crippen LogP contribution in [0.4, 0.5) is 0 Å². The van der Waals surface area contributed by atoms with Gasteiger partial charge in [0.05, 0.1) is 56.4 Å². The first-order chi connectivity index (χ1) is 41.9. The zero-order valence-electron chi connectivity index (χ0n) is 56.4. The second-order valence-electron chi connectivity index (χ2n) is 24.9. The number of unbranched alkanes of at least 4 members (excludes halogenated alkanes) is 11. The third-order valence-electron chi connectivity index (χ3n) is 14.9. The van der Waals surface area contributed by atoms with Crippen molar-refractivity contribution in [3.05, 3.63) is 0 Å². The number of carbonyl (C=O) groups excluding carboxylic acids is 6. The second-order valence-corrected chi connectivity index (χ2v) is 24.9. The molecule has 20 nitrogen and oxygen atoms in total. The van der Waals surface area contributed by atoms with Crippen molar-refractivity contribution in [2.45, 2.75) is 285 Å². The molecule has 20 heteroatoms. The summed E-state index contributed by atoms with van der Waals surface area (Å²) in [5.41, 5.74) is 0. The molecule has 0 saturated heterocycles. The summed E-state index contributed by atoms with van der Waals surface area (Å²) < 4.78 is 33.2. The van der Waals surface area contributed by atoms with Gasteiger partial charge >= 0.3 is 35.8 Å². The molecule has 0 aliphatic rings. The van der Waals surface area contributed by atoms with Crippen molar-refractivity contribution < 1.29 is 67.4 Å². The van der Waals surface area contributed by atoms with Crippen molar-refractivity contribution in [3.8, 4) is 0 Å². The molecule has 0 aliphatic carbocycles. The van der Waals surface area contributed by atoms with E-state index >= 15 is 0 Å². The van der Waals surface area contributed by atoms with Gasteiger partial charge in [0.25, 0.3) is 0 Å². The Kier molecular flexibility index (Phi) is 56.5. The van der Waals surface area contributed by atoms with E-state index in [0.717, 1.165) is 77.8 Å². The van der Waals surface area contributed by atoms with E-state index in [2.05, 4.69) is 66.5 Å². The molecule has 0 spiro atoms. The van der Waals surface area contributed by atoms with Crippen molar-refractivity contribution in [2.75, 3.05) is 92.0 Å². The minimum absolute atomic E-state index is 0.0275. The number of aliphatic hydroxyl groups is 2. The van der Waals surface area contributed by atoms with Crippen LogP contribution in [0.3, 0.4) is 0 Å².